The summed E-state index contributed by atoms with van der Waals surface area (Å²) < 4.78 is 0. The van der Waals surface area contributed by atoms with Gasteiger partial charge in [0.15, 0.2) is 0 Å². The highest BCUT2D eigenvalue weighted by Gasteiger charge is 2.31. The van der Waals surface area contributed by atoms with Crippen molar-refractivity contribution in [3.63, 3.8) is 0 Å². The van der Waals surface area contributed by atoms with Crippen molar-refractivity contribution in [2.45, 2.75) is 30.8 Å². The third kappa shape index (κ3) is 6.19. The molecule has 0 heterocycles. The minimum Gasteiger partial charge on any atom is -0.478 e. The van der Waals surface area contributed by atoms with Crippen molar-refractivity contribution in [3.05, 3.63) is 12.2 Å². The molecule has 1 amide bonds. The third-order valence-corrected chi connectivity index (χ3v) is 2.88. The first-order valence-electron chi connectivity index (χ1n) is 6.10. The second kappa shape index (κ2) is 8.70. The molecule has 0 spiro atoms. The Morgan fingerprint density at radius 1 is 1.10 bits per heavy atom. The average Bonchev–Trinajstić information content (AvgIpc) is 2.43. The topological polar surface area (TPSA) is 159 Å². The van der Waals surface area contributed by atoms with E-state index in [0.29, 0.717) is 0 Å². The molecule has 0 aliphatic carbocycles. The number of amides is 1. The molecule has 6 N–H and O–H groups in total. The van der Waals surface area contributed by atoms with Gasteiger partial charge in [-0.3, -0.25) is 4.79 Å². The summed E-state index contributed by atoms with van der Waals surface area (Å²) in [5.41, 5.74) is -0.322. The Bertz CT molecular complexity index is 385. The highest BCUT2D eigenvalue weighted by atomic mass is 16.4. The number of carboxylic acid groups (broad SMARTS) is 1. The van der Waals surface area contributed by atoms with Gasteiger partial charge >= 0.3 is 5.97 Å². The lowest BCUT2D eigenvalue weighted by molar-refractivity contribution is -0.139. The number of nitrogens with zero attached hydrogens (tertiary/aromatic N) is 1. The summed E-state index contributed by atoms with van der Waals surface area (Å²) in [6.07, 6.45) is -7.26. The van der Waals surface area contributed by atoms with Gasteiger partial charge in [0, 0.05) is 19.2 Å². The van der Waals surface area contributed by atoms with Gasteiger partial charge in [-0.15, -0.1) is 0 Å². The molecule has 0 saturated carbocycles. The normalized spacial score (nSPS) is 16.7. The van der Waals surface area contributed by atoms with Crippen molar-refractivity contribution in [1.29, 1.82) is 0 Å². The smallest absolute Gasteiger partial charge is 0.331 e. The first-order valence-corrected chi connectivity index (χ1v) is 6.10. The maximum atomic E-state index is 11.6. The number of carbonyl (C=O) groups excluding carboxylic acids is 1. The number of aliphatic hydroxyl groups is 5. The zero-order valence-electron chi connectivity index (χ0n) is 11.6. The third-order valence-electron chi connectivity index (χ3n) is 2.88. The van der Waals surface area contributed by atoms with Crippen LogP contribution in [0.15, 0.2) is 12.2 Å². The van der Waals surface area contributed by atoms with E-state index in [2.05, 4.69) is 6.58 Å². The molecular weight excluding hydrogens is 286 g/mol. The standard InChI is InChI=1S/C12H21NO8/c1-6(12(20)21)3-9(17)13(2)4-7(15)10(18)11(19)8(16)5-14/h7-8,10-11,14-16,18-19H,1,3-5H2,2H3,(H,20,21)/t7-,8+,10+,11+/m0/s1. The Kier molecular flexibility index (Phi) is 8.07. The number of carbonyl (C=O) groups is 2. The van der Waals surface area contributed by atoms with Crippen molar-refractivity contribution >= 4 is 11.9 Å². The molecule has 0 aromatic rings. The van der Waals surface area contributed by atoms with Crippen LogP contribution >= 0.6 is 0 Å². The molecule has 0 aliphatic heterocycles. The molecule has 9 heteroatoms. The summed E-state index contributed by atoms with van der Waals surface area (Å²) in [4.78, 5) is 23.1. The predicted octanol–water partition coefficient (Wildman–Crippen LogP) is -3.09. The molecule has 0 fully saturated rings. The number of rotatable bonds is 9. The fourth-order valence-electron chi connectivity index (χ4n) is 1.45. The van der Waals surface area contributed by atoms with Crippen LogP contribution in [0.2, 0.25) is 0 Å². The number of carboxylic acids is 1. The predicted molar refractivity (Wildman–Crippen MR) is 70.1 cm³/mol. The Morgan fingerprint density at radius 2 is 1.57 bits per heavy atom. The summed E-state index contributed by atoms with van der Waals surface area (Å²) in [6, 6.07) is 0. The molecule has 21 heavy (non-hydrogen) atoms. The molecular formula is C12H21NO8. The molecule has 0 unspecified atom stereocenters. The summed E-state index contributed by atoms with van der Waals surface area (Å²) in [7, 11) is 1.27. The summed E-state index contributed by atoms with van der Waals surface area (Å²) in [6.45, 7) is 1.99. The van der Waals surface area contributed by atoms with Gasteiger partial charge in [0.2, 0.25) is 5.91 Å². The van der Waals surface area contributed by atoms with E-state index in [1.54, 1.807) is 0 Å². The van der Waals surface area contributed by atoms with Gasteiger partial charge in [0.05, 0.1) is 13.0 Å². The van der Waals surface area contributed by atoms with Gasteiger partial charge in [0.25, 0.3) is 0 Å². The van der Waals surface area contributed by atoms with Gasteiger partial charge < -0.3 is 35.5 Å². The zero-order valence-corrected chi connectivity index (χ0v) is 11.6. The van der Waals surface area contributed by atoms with Crippen molar-refractivity contribution in [2.75, 3.05) is 20.2 Å². The lowest BCUT2D eigenvalue weighted by Gasteiger charge is -2.28. The Balaban J connectivity index is 4.49. The van der Waals surface area contributed by atoms with Gasteiger partial charge in [-0.05, 0) is 0 Å². The molecule has 4 atom stereocenters. The SMILES string of the molecule is C=C(CC(=O)N(C)C[C@H](O)[C@@H](O)[C@H](O)[C@H](O)CO)C(=O)O. The maximum absolute atomic E-state index is 11.6. The van der Waals surface area contributed by atoms with Crippen LogP contribution in [0.4, 0.5) is 0 Å². The van der Waals surface area contributed by atoms with E-state index in [1.807, 2.05) is 0 Å². The quantitative estimate of drug-likeness (QED) is 0.244. The van der Waals surface area contributed by atoms with Crippen LogP contribution in [-0.2, 0) is 9.59 Å². The summed E-state index contributed by atoms with van der Waals surface area (Å²) in [5.74, 6) is -1.97. The summed E-state index contributed by atoms with van der Waals surface area (Å²) >= 11 is 0. The van der Waals surface area contributed by atoms with Crippen molar-refractivity contribution in [3.8, 4) is 0 Å². The van der Waals surface area contributed by atoms with Crippen LogP contribution in [-0.4, -0.2) is 92.0 Å². The summed E-state index contributed by atoms with van der Waals surface area (Å²) in [5, 5.41) is 55.0. The van der Waals surface area contributed by atoms with Crippen LogP contribution < -0.4 is 0 Å². The minimum absolute atomic E-state index is 0.322. The van der Waals surface area contributed by atoms with Crippen LogP contribution in [0.3, 0.4) is 0 Å². The maximum Gasteiger partial charge on any atom is 0.331 e. The molecule has 0 saturated heterocycles. The van der Waals surface area contributed by atoms with Gasteiger partial charge in [-0.25, -0.2) is 4.79 Å². The molecule has 0 radical (unpaired) electrons. The highest BCUT2D eigenvalue weighted by Crippen LogP contribution is 2.08. The number of hydrogen-bond acceptors (Lipinski definition) is 7. The van der Waals surface area contributed by atoms with Crippen LogP contribution in [0.25, 0.3) is 0 Å². The average molecular weight is 307 g/mol. The molecule has 0 aromatic heterocycles. The molecule has 0 aromatic carbocycles. The lowest BCUT2D eigenvalue weighted by Crippen LogP contribution is -2.50. The monoisotopic (exact) mass is 307 g/mol. The van der Waals surface area contributed by atoms with E-state index in [0.717, 1.165) is 4.90 Å². The van der Waals surface area contributed by atoms with Crippen molar-refractivity contribution in [2.24, 2.45) is 0 Å². The molecule has 122 valence electrons. The van der Waals surface area contributed by atoms with Gasteiger partial charge in [-0.1, -0.05) is 6.58 Å². The second-order valence-electron chi connectivity index (χ2n) is 4.66. The highest BCUT2D eigenvalue weighted by molar-refractivity contribution is 5.93. The lowest BCUT2D eigenvalue weighted by atomic mass is 10.0. The number of hydrogen-bond donors (Lipinski definition) is 6. The van der Waals surface area contributed by atoms with Crippen LogP contribution in [0.1, 0.15) is 6.42 Å². The fourth-order valence-corrected chi connectivity index (χ4v) is 1.45. The van der Waals surface area contributed by atoms with Crippen molar-refractivity contribution < 1.29 is 40.2 Å². The number of aliphatic carboxylic acids is 1. The minimum atomic E-state index is -1.79. The molecule has 9 nitrogen and oxygen atoms in total. The first kappa shape index (κ1) is 19.5. The molecule has 0 rings (SSSR count). The van der Waals surface area contributed by atoms with E-state index in [1.165, 1.54) is 7.05 Å². The van der Waals surface area contributed by atoms with Gasteiger partial charge in [-0.2, -0.15) is 0 Å². The van der Waals surface area contributed by atoms with E-state index in [4.69, 9.17) is 15.3 Å². The van der Waals surface area contributed by atoms with Crippen molar-refractivity contribution in [1.82, 2.24) is 4.90 Å². The molecule has 0 bridgehead atoms. The Hall–Kier alpha value is -1.52. The second-order valence-corrected chi connectivity index (χ2v) is 4.66. The Morgan fingerprint density at radius 3 is 2.00 bits per heavy atom. The molecule has 0 aliphatic rings. The van der Waals surface area contributed by atoms with E-state index in [-0.39, 0.29) is 5.57 Å². The first-order chi connectivity index (χ1) is 9.61. The van der Waals surface area contributed by atoms with E-state index in [9.17, 15) is 24.9 Å². The number of aliphatic hydroxyl groups excluding tert-OH is 5. The largest absolute Gasteiger partial charge is 0.478 e. The van der Waals surface area contributed by atoms with E-state index < -0.39 is 55.9 Å². The Labute approximate surface area is 121 Å². The van der Waals surface area contributed by atoms with E-state index >= 15 is 0 Å². The fraction of sp³-hybridized carbons (Fsp3) is 0.667. The van der Waals surface area contributed by atoms with Gasteiger partial charge in [0.1, 0.15) is 24.4 Å². The van der Waals surface area contributed by atoms with Crippen LogP contribution in [0.5, 0.6) is 0 Å². The van der Waals surface area contributed by atoms with Crippen LogP contribution in [0, 0.1) is 0 Å². The zero-order chi connectivity index (χ0) is 16.7. The number of likely N-dealkylation sites (N-methyl/N-ethyl adjacent to an activating group) is 1.